The highest BCUT2D eigenvalue weighted by Crippen LogP contribution is 2.27. The fraction of sp³-hybridized carbons (Fsp3) is 0.450. The minimum absolute atomic E-state index is 0.0539. The van der Waals surface area contributed by atoms with Gasteiger partial charge < -0.3 is 9.32 Å². The topological polar surface area (TPSA) is 70.8 Å². The molecule has 0 radical (unpaired) electrons. The third kappa shape index (κ3) is 4.09. The zero-order chi connectivity index (χ0) is 19.6. The molecule has 6 nitrogen and oxygen atoms in total. The van der Waals surface area contributed by atoms with Gasteiger partial charge in [0.25, 0.3) is 5.91 Å². The average molecular weight is 391 g/mol. The highest BCUT2D eigenvalue weighted by Gasteiger charge is 2.33. The van der Waals surface area contributed by atoms with E-state index in [1.165, 1.54) is 10.4 Å². The first-order valence-corrected chi connectivity index (χ1v) is 10.7. The molecular formula is C20H26N2O4S. The van der Waals surface area contributed by atoms with Gasteiger partial charge in [0.15, 0.2) is 5.76 Å². The average Bonchev–Trinajstić information content (AvgIpc) is 3.30. The maximum Gasteiger partial charge on any atom is 0.290 e. The number of amides is 1. The lowest BCUT2D eigenvalue weighted by atomic mass is 10.2. The summed E-state index contributed by atoms with van der Waals surface area (Å²) in [6.45, 7) is 6.92. The van der Waals surface area contributed by atoms with Crippen LogP contribution in [0.1, 0.15) is 48.6 Å². The summed E-state index contributed by atoms with van der Waals surface area (Å²) in [6, 6.07) is 11.0. The molecule has 2 aromatic rings. The van der Waals surface area contributed by atoms with Crippen LogP contribution in [0.15, 0.2) is 45.7 Å². The molecular weight excluding hydrogens is 364 g/mol. The minimum atomic E-state index is -3.62. The lowest BCUT2D eigenvalue weighted by Gasteiger charge is -2.26. The minimum Gasteiger partial charge on any atom is -0.455 e. The smallest absolute Gasteiger partial charge is 0.290 e. The predicted molar refractivity (Wildman–Crippen MR) is 103 cm³/mol. The van der Waals surface area contributed by atoms with E-state index in [0.29, 0.717) is 19.6 Å². The van der Waals surface area contributed by atoms with Gasteiger partial charge in [-0.1, -0.05) is 30.3 Å². The lowest BCUT2D eigenvalue weighted by molar-refractivity contribution is 0.0656. The van der Waals surface area contributed by atoms with Crippen LogP contribution in [0.2, 0.25) is 0 Å². The molecule has 0 bridgehead atoms. The van der Waals surface area contributed by atoms with Gasteiger partial charge in [-0.2, -0.15) is 4.31 Å². The fourth-order valence-corrected chi connectivity index (χ4v) is 4.98. The summed E-state index contributed by atoms with van der Waals surface area (Å²) in [5, 5.41) is 0. The first kappa shape index (κ1) is 19.6. The third-order valence-corrected chi connectivity index (χ3v) is 6.85. The van der Waals surface area contributed by atoms with E-state index in [-0.39, 0.29) is 28.4 Å². The largest absolute Gasteiger partial charge is 0.455 e. The summed E-state index contributed by atoms with van der Waals surface area (Å²) >= 11 is 0. The van der Waals surface area contributed by atoms with Gasteiger partial charge in [-0.25, -0.2) is 8.42 Å². The molecule has 1 amide bonds. The van der Waals surface area contributed by atoms with Gasteiger partial charge in [0.2, 0.25) is 10.0 Å². The first-order chi connectivity index (χ1) is 12.8. The number of hydrogen-bond donors (Lipinski definition) is 0. The van der Waals surface area contributed by atoms with E-state index in [1.807, 2.05) is 44.2 Å². The van der Waals surface area contributed by atoms with Crippen LogP contribution in [0.4, 0.5) is 0 Å². The Labute approximate surface area is 160 Å². The Balaban J connectivity index is 1.87. The van der Waals surface area contributed by atoms with Crippen molar-refractivity contribution in [1.29, 1.82) is 0 Å². The number of rotatable bonds is 6. The number of nitrogens with zero attached hydrogens (tertiary/aromatic N) is 2. The van der Waals surface area contributed by atoms with Crippen molar-refractivity contribution in [2.45, 2.75) is 51.1 Å². The number of carbonyl (C=O) groups excluding carboxylic acids is 1. The fourth-order valence-electron chi connectivity index (χ4n) is 3.30. The molecule has 7 heteroatoms. The van der Waals surface area contributed by atoms with Crippen LogP contribution in [0.25, 0.3) is 0 Å². The Hall–Kier alpha value is -2.12. The van der Waals surface area contributed by atoms with E-state index in [2.05, 4.69) is 0 Å². The second-order valence-electron chi connectivity index (χ2n) is 7.15. The highest BCUT2D eigenvalue weighted by atomic mass is 32.2. The normalized spacial score (nSPS) is 15.4. The molecule has 1 fully saturated rings. The number of carbonyl (C=O) groups is 1. The molecule has 3 rings (SSSR count). The van der Waals surface area contributed by atoms with Gasteiger partial charge in [-0.3, -0.25) is 4.79 Å². The van der Waals surface area contributed by atoms with E-state index in [4.69, 9.17) is 4.42 Å². The Morgan fingerprint density at radius 3 is 2.41 bits per heavy atom. The van der Waals surface area contributed by atoms with Gasteiger partial charge in [-0.05, 0) is 39.2 Å². The number of sulfonamides is 1. The zero-order valence-electron chi connectivity index (χ0n) is 16.0. The molecule has 27 heavy (non-hydrogen) atoms. The molecule has 1 aromatic heterocycles. The Morgan fingerprint density at radius 2 is 1.81 bits per heavy atom. The van der Waals surface area contributed by atoms with Gasteiger partial charge in [0.05, 0.1) is 0 Å². The lowest BCUT2D eigenvalue weighted by Crippen LogP contribution is -2.36. The van der Waals surface area contributed by atoms with E-state index < -0.39 is 10.0 Å². The molecule has 0 N–H and O–H groups in total. The zero-order valence-corrected chi connectivity index (χ0v) is 16.8. The van der Waals surface area contributed by atoms with Gasteiger partial charge >= 0.3 is 0 Å². The van der Waals surface area contributed by atoms with Crippen molar-refractivity contribution < 1.29 is 17.6 Å². The summed E-state index contributed by atoms with van der Waals surface area (Å²) in [7, 11) is -3.62. The second-order valence-corrected chi connectivity index (χ2v) is 9.06. The summed E-state index contributed by atoms with van der Waals surface area (Å²) < 4.78 is 32.7. The molecule has 0 unspecified atom stereocenters. The Bertz CT molecular complexity index is 897. The number of benzene rings is 1. The Morgan fingerprint density at radius 1 is 1.19 bits per heavy atom. The Kier molecular flexibility index (Phi) is 5.72. The van der Waals surface area contributed by atoms with E-state index in [1.54, 1.807) is 11.8 Å². The molecule has 0 aliphatic carbocycles. The maximum absolute atomic E-state index is 13.0. The number of hydrogen-bond acceptors (Lipinski definition) is 4. The van der Waals surface area contributed by atoms with Crippen LogP contribution in [0.5, 0.6) is 0 Å². The summed E-state index contributed by atoms with van der Waals surface area (Å²) in [5.74, 6) is 0.0170. The van der Waals surface area contributed by atoms with Crippen molar-refractivity contribution in [3.8, 4) is 0 Å². The molecule has 1 aliphatic heterocycles. The van der Waals surface area contributed by atoms with Crippen LogP contribution in [-0.2, 0) is 16.6 Å². The van der Waals surface area contributed by atoms with Crippen molar-refractivity contribution in [2.75, 3.05) is 13.1 Å². The predicted octanol–water partition coefficient (Wildman–Crippen LogP) is 3.42. The monoisotopic (exact) mass is 390 g/mol. The molecule has 1 aliphatic rings. The molecule has 0 saturated carbocycles. The first-order valence-electron chi connectivity index (χ1n) is 9.26. The van der Waals surface area contributed by atoms with E-state index >= 15 is 0 Å². The quantitative estimate of drug-likeness (QED) is 0.758. The highest BCUT2D eigenvalue weighted by molar-refractivity contribution is 7.89. The summed E-state index contributed by atoms with van der Waals surface area (Å²) in [4.78, 5) is 14.8. The summed E-state index contributed by atoms with van der Waals surface area (Å²) in [6.07, 6.45) is 1.72. The number of furan rings is 1. The molecule has 1 saturated heterocycles. The van der Waals surface area contributed by atoms with Crippen LogP contribution < -0.4 is 0 Å². The SMILES string of the molecule is Cc1oc(C(=O)N(Cc2ccccc2)C(C)C)cc1S(=O)(=O)N1CCCC1. The molecule has 2 heterocycles. The van der Waals surface area contributed by atoms with Crippen LogP contribution >= 0.6 is 0 Å². The van der Waals surface area contributed by atoms with Crippen molar-refractivity contribution in [2.24, 2.45) is 0 Å². The van der Waals surface area contributed by atoms with E-state index in [0.717, 1.165) is 18.4 Å². The van der Waals surface area contributed by atoms with Crippen molar-refractivity contribution in [3.63, 3.8) is 0 Å². The molecule has 146 valence electrons. The van der Waals surface area contributed by atoms with E-state index in [9.17, 15) is 13.2 Å². The standard InChI is InChI=1S/C20H26N2O4S/c1-15(2)22(14-17-9-5-4-6-10-17)20(23)18-13-19(16(3)26-18)27(24,25)21-11-7-8-12-21/h4-6,9-10,13,15H,7-8,11-12,14H2,1-3H3. The third-order valence-electron chi connectivity index (χ3n) is 4.85. The van der Waals surface area contributed by atoms with Crippen molar-refractivity contribution >= 4 is 15.9 Å². The van der Waals surface area contributed by atoms with Crippen molar-refractivity contribution in [3.05, 3.63) is 53.5 Å². The van der Waals surface area contributed by atoms with Crippen LogP contribution in [-0.4, -0.2) is 42.7 Å². The second kappa shape index (κ2) is 7.86. The molecule has 1 aromatic carbocycles. The van der Waals surface area contributed by atoms with Crippen molar-refractivity contribution in [1.82, 2.24) is 9.21 Å². The van der Waals surface area contributed by atoms with Crippen LogP contribution in [0.3, 0.4) is 0 Å². The van der Waals surface area contributed by atoms with Gasteiger partial charge in [0.1, 0.15) is 10.7 Å². The maximum atomic E-state index is 13.0. The van der Waals surface area contributed by atoms with Crippen LogP contribution in [0, 0.1) is 6.92 Å². The molecule has 0 spiro atoms. The summed E-state index contributed by atoms with van der Waals surface area (Å²) in [5.41, 5.74) is 1.01. The van der Waals surface area contributed by atoms with Gasteiger partial charge in [0, 0.05) is 31.7 Å². The molecule has 0 atom stereocenters. The number of aryl methyl sites for hydroxylation is 1. The van der Waals surface area contributed by atoms with Gasteiger partial charge in [-0.15, -0.1) is 0 Å².